The number of piperidine rings is 1. The Bertz CT molecular complexity index is 1570. The van der Waals surface area contributed by atoms with Crippen LogP contribution >= 0.6 is 12.4 Å². The van der Waals surface area contributed by atoms with Gasteiger partial charge in [-0.2, -0.15) is 5.10 Å². The molecule has 198 valence electrons. The Hall–Kier alpha value is -4.47. The summed E-state index contributed by atoms with van der Waals surface area (Å²) in [5.74, 6) is 0.694. The van der Waals surface area contributed by atoms with Crippen molar-refractivity contribution in [2.75, 3.05) is 29.5 Å². The fourth-order valence-corrected chi connectivity index (χ4v) is 4.88. The number of pyridine rings is 2. The maximum absolute atomic E-state index is 12.7. The van der Waals surface area contributed by atoms with Crippen LogP contribution in [-0.2, 0) is 0 Å². The van der Waals surface area contributed by atoms with E-state index in [-0.39, 0.29) is 24.4 Å². The molecule has 0 aliphatic carbocycles. The van der Waals surface area contributed by atoms with Crippen LogP contribution in [0.4, 0.5) is 23.0 Å². The number of hydrogen-bond donors (Lipinski definition) is 4. The van der Waals surface area contributed by atoms with Gasteiger partial charge >= 0.3 is 0 Å². The summed E-state index contributed by atoms with van der Waals surface area (Å²) in [6.45, 7) is 1.83. The SMILES string of the molecule is Cl.Nc1ncc(Nc2ccccc2)c2c1c(-c1ccc(C(=O)Nc3ccccn3)cc1)nn2[C@@H]1CCCNC1. The number of halogens is 1. The van der Waals surface area contributed by atoms with E-state index in [4.69, 9.17) is 10.8 Å². The van der Waals surface area contributed by atoms with E-state index >= 15 is 0 Å². The highest BCUT2D eigenvalue weighted by molar-refractivity contribution is 6.07. The van der Waals surface area contributed by atoms with Crippen molar-refractivity contribution in [1.82, 2.24) is 25.1 Å². The minimum absolute atomic E-state index is 0. The zero-order valence-corrected chi connectivity index (χ0v) is 22.0. The minimum Gasteiger partial charge on any atom is -0.383 e. The molecule has 6 rings (SSSR count). The van der Waals surface area contributed by atoms with Crippen molar-refractivity contribution >= 4 is 52.2 Å². The molecule has 9 nitrogen and oxygen atoms in total. The largest absolute Gasteiger partial charge is 0.383 e. The molecule has 39 heavy (non-hydrogen) atoms. The molecular weight excluding hydrogens is 512 g/mol. The lowest BCUT2D eigenvalue weighted by molar-refractivity contribution is 0.102. The molecule has 4 heterocycles. The second-order valence-corrected chi connectivity index (χ2v) is 9.31. The standard InChI is InChI=1S/C29H28N8O.ClH/c30-28-25-26(19-11-13-20(14-12-19)29(38)35-24-10-4-5-16-32-24)36-37(22-9-6-15-31-17-22)27(25)23(18-33-28)34-21-7-2-1-3-8-21;/h1-5,7-8,10-14,16,18,22,31,34H,6,9,15,17H2,(H2,30,33)(H,32,35,38);1H/t22-;/m1./s1. The first-order valence-corrected chi connectivity index (χ1v) is 12.7. The molecule has 0 unspecified atom stereocenters. The maximum Gasteiger partial charge on any atom is 0.256 e. The number of amides is 1. The lowest BCUT2D eigenvalue weighted by atomic mass is 10.0. The van der Waals surface area contributed by atoms with Crippen molar-refractivity contribution in [3.8, 4) is 11.3 Å². The first kappa shape index (κ1) is 26.1. The number of anilines is 4. The molecule has 0 bridgehead atoms. The third-order valence-corrected chi connectivity index (χ3v) is 6.75. The number of hydrogen-bond acceptors (Lipinski definition) is 7. The zero-order chi connectivity index (χ0) is 25.9. The van der Waals surface area contributed by atoms with Crippen LogP contribution in [0.3, 0.4) is 0 Å². The Kier molecular flexibility index (Phi) is 7.72. The second-order valence-electron chi connectivity index (χ2n) is 9.31. The number of para-hydroxylation sites is 1. The number of aromatic nitrogens is 4. The van der Waals surface area contributed by atoms with Gasteiger partial charge < -0.3 is 21.7 Å². The van der Waals surface area contributed by atoms with Crippen LogP contribution in [0.15, 0.2) is 85.2 Å². The Morgan fingerprint density at radius 1 is 1.00 bits per heavy atom. The van der Waals surface area contributed by atoms with E-state index in [2.05, 4.69) is 30.6 Å². The molecule has 1 aliphatic rings. The van der Waals surface area contributed by atoms with Crippen LogP contribution in [0, 0.1) is 0 Å². The molecule has 2 aromatic carbocycles. The summed E-state index contributed by atoms with van der Waals surface area (Å²) in [4.78, 5) is 21.4. The van der Waals surface area contributed by atoms with Crippen LogP contribution in [0.25, 0.3) is 22.2 Å². The summed E-state index contributed by atoms with van der Waals surface area (Å²) in [5, 5.41) is 15.7. The number of nitrogen functional groups attached to an aromatic ring is 1. The Balaban J connectivity index is 0.00000308. The molecule has 5 N–H and O–H groups in total. The molecule has 0 saturated carbocycles. The number of rotatable bonds is 6. The number of carbonyl (C=O) groups is 1. The van der Waals surface area contributed by atoms with E-state index in [0.29, 0.717) is 17.2 Å². The Morgan fingerprint density at radius 3 is 2.51 bits per heavy atom. The highest BCUT2D eigenvalue weighted by Gasteiger charge is 2.25. The average Bonchev–Trinajstić information content (AvgIpc) is 3.38. The fourth-order valence-electron chi connectivity index (χ4n) is 4.88. The fraction of sp³-hybridized carbons (Fsp3) is 0.172. The van der Waals surface area contributed by atoms with E-state index in [1.807, 2.05) is 48.5 Å². The van der Waals surface area contributed by atoms with Gasteiger partial charge in [-0.25, -0.2) is 9.97 Å². The summed E-state index contributed by atoms with van der Waals surface area (Å²) in [7, 11) is 0. The third kappa shape index (κ3) is 5.41. The van der Waals surface area contributed by atoms with Gasteiger partial charge in [0.25, 0.3) is 5.91 Å². The third-order valence-electron chi connectivity index (χ3n) is 6.75. The van der Waals surface area contributed by atoms with Crippen molar-refractivity contribution in [2.24, 2.45) is 0 Å². The zero-order valence-electron chi connectivity index (χ0n) is 21.2. The molecule has 5 aromatic rings. The van der Waals surface area contributed by atoms with Gasteiger partial charge in [-0.15, -0.1) is 12.4 Å². The molecule has 0 spiro atoms. The predicted octanol–water partition coefficient (Wildman–Crippen LogP) is 5.42. The van der Waals surface area contributed by atoms with E-state index in [0.717, 1.165) is 59.5 Å². The summed E-state index contributed by atoms with van der Waals surface area (Å²) in [6.07, 6.45) is 5.50. The summed E-state index contributed by atoms with van der Waals surface area (Å²) >= 11 is 0. The number of nitrogens with one attached hydrogen (secondary N) is 3. The number of fused-ring (bicyclic) bond motifs is 1. The average molecular weight is 541 g/mol. The van der Waals surface area contributed by atoms with Crippen LogP contribution in [0.2, 0.25) is 0 Å². The molecular formula is C29H29ClN8O. The van der Waals surface area contributed by atoms with Gasteiger partial charge in [0.15, 0.2) is 0 Å². The quantitative estimate of drug-likeness (QED) is 0.227. The molecule has 10 heteroatoms. The highest BCUT2D eigenvalue weighted by atomic mass is 35.5. The van der Waals surface area contributed by atoms with Crippen molar-refractivity contribution < 1.29 is 4.79 Å². The lowest BCUT2D eigenvalue weighted by Gasteiger charge is -2.24. The molecule has 3 aromatic heterocycles. The van der Waals surface area contributed by atoms with Crippen LogP contribution < -0.4 is 21.7 Å². The smallest absolute Gasteiger partial charge is 0.256 e. The van der Waals surface area contributed by atoms with E-state index in [9.17, 15) is 4.79 Å². The topological polar surface area (TPSA) is 123 Å². The lowest BCUT2D eigenvalue weighted by Crippen LogP contribution is -2.32. The van der Waals surface area contributed by atoms with Crippen molar-refractivity contribution in [3.05, 3.63) is 90.8 Å². The van der Waals surface area contributed by atoms with Crippen LogP contribution in [0.5, 0.6) is 0 Å². The van der Waals surface area contributed by atoms with Gasteiger partial charge in [-0.3, -0.25) is 9.48 Å². The van der Waals surface area contributed by atoms with Crippen LogP contribution in [0.1, 0.15) is 29.2 Å². The van der Waals surface area contributed by atoms with Crippen molar-refractivity contribution in [1.29, 1.82) is 0 Å². The summed E-state index contributed by atoms with van der Waals surface area (Å²) in [6, 6.07) is 22.9. The van der Waals surface area contributed by atoms with Crippen molar-refractivity contribution in [2.45, 2.75) is 18.9 Å². The Labute approximate surface area is 232 Å². The van der Waals surface area contributed by atoms with Gasteiger partial charge in [-0.05, 0) is 55.8 Å². The molecule has 1 amide bonds. The monoisotopic (exact) mass is 540 g/mol. The number of nitrogens with zero attached hydrogens (tertiary/aromatic N) is 4. The Morgan fingerprint density at radius 2 is 1.79 bits per heavy atom. The van der Waals surface area contributed by atoms with E-state index in [1.165, 1.54) is 0 Å². The molecule has 0 radical (unpaired) electrons. The van der Waals surface area contributed by atoms with Gasteiger partial charge in [0.2, 0.25) is 0 Å². The maximum atomic E-state index is 12.7. The molecule has 1 saturated heterocycles. The van der Waals surface area contributed by atoms with Gasteiger partial charge in [0.05, 0.1) is 28.8 Å². The summed E-state index contributed by atoms with van der Waals surface area (Å²) in [5.41, 5.74) is 11.3. The minimum atomic E-state index is -0.227. The van der Waals surface area contributed by atoms with E-state index < -0.39 is 0 Å². The number of carbonyl (C=O) groups excluding carboxylic acids is 1. The number of nitrogens with two attached hydrogens (primary N) is 1. The number of benzene rings is 2. The van der Waals surface area contributed by atoms with Crippen molar-refractivity contribution in [3.63, 3.8) is 0 Å². The van der Waals surface area contributed by atoms with Gasteiger partial charge in [-0.1, -0.05) is 36.4 Å². The van der Waals surface area contributed by atoms with Gasteiger partial charge in [0.1, 0.15) is 17.3 Å². The van der Waals surface area contributed by atoms with E-state index in [1.54, 1.807) is 36.7 Å². The molecule has 1 fully saturated rings. The highest BCUT2D eigenvalue weighted by Crippen LogP contribution is 2.38. The molecule has 1 aliphatic heterocycles. The van der Waals surface area contributed by atoms with Crippen LogP contribution in [-0.4, -0.2) is 38.7 Å². The predicted molar refractivity (Wildman–Crippen MR) is 158 cm³/mol. The molecule has 1 atom stereocenters. The van der Waals surface area contributed by atoms with Gasteiger partial charge in [0, 0.05) is 29.6 Å². The summed E-state index contributed by atoms with van der Waals surface area (Å²) < 4.78 is 2.09. The first-order valence-electron chi connectivity index (χ1n) is 12.7. The first-order chi connectivity index (χ1) is 18.7. The second kappa shape index (κ2) is 11.5. The normalized spacial score (nSPS) is 14.9.